The van der Waals surface area contributed by atoms with Crippen LogP contribution in [0.2, 0.25) is 0 Å². The summed E-state index contributed by atoms with van der Waals surface area (Å²) >= 11 is 1.96. The molecule has 56 heavy (non-hydrogen) atoms. The first-order valence-corrected chi connectivity index (χ1v) is 19.8. The standard InChI is InChI=1S/C51H33N3OS/c1-4-15-32(16-5-1)37-24-13-29-43-46(37)47-39(25-14-30-44(47)56-43)40-26-11-27-41-45-38(23-12-28-42(45)55-48(40)41)35-21-10-22-36(31-35)51-53-49(33-17-6-2-7-18-33)52-50(54-51)34-19-8-3-9-20-34/h1-31,44,47H. The van der Waals surface area contributed by atoms with Gasteiger partial charge in [-0.1, -0.05) is 170 Å². The van der Waals surface area contributed by atoms with Gasteiger partial charge < -0.3 is 4.42 Å². The molecular formula is C51H33N3OS. The number of hydrogen-bond donors (Lipinski definition) is 0. The lowest BCUT2D eigenvalue weighted by Gasteiger charge is -2.25. The van der Waals surface area contributed by atoms with Gasteiger partial charge in [0.25, 0.3) is 0 Å². The lowest BCUT2D eigenvalue weighted by Crippen LogP contribution is -2.13. The summed E-state index contributed by atoms with van der Waals surface area (Å²) in [6.45, 7) is 0. The van der Waals surface area contributed by atoms with E-state index in [0.717, 1.165) is 55.3 Å². The molecular weight excluding hydrogens is 703 g/mol. The molecule has 0 amide bonds. The highest BCUT2D eigenvalue weighted by Gasteiger charge is 2.39. The predicted octanol–water partition coefficient (Wildman–Crippen LogP) is 13.3. The van der Waals surface area contributed by atoms with E-state index in [-0.39, 0.29) is 5.92 Å². The molecule has 5 heteroatoms. The second-order valence-electron chi connectivity index (χ2n) is 14.2. The Balaban J connectivity index is 1.04. The number of furan rings is 1. The van der Waals surface area contributed by atoms with Gasteiger partial charge in [0, 0.05) is 49.1 Å². The summed E-state index contributed by atoms with van der Waals surface area (Å²) in [5.41, 5.74) is 13.1. The number of benzene rings is 7. The molecule has 0 fully saturated rings. The van der Waals surface area contributed by atoms with Crippen LogP contribution in [0.4, 0.5) is 0 Å². The number of allylic oxidation sites excluding steroid dienone is 3. The summed E-state index contributed by atoms with van der Waals surface area (Å²) in [6.07, 6.45) is 6.88. The van der Waals surface area contributed by atoms with Crippen molar-refractivity contribution in [2.75, 3.05) is 0 Å². The fourth-order valence-corrected chi connectivity index (χ4v) is 9.81. The molecule has 4 nitrogen and oxygen atoms in total. The quantitative estimate of drug-likeness (QED) is 0.170. The van der Waals surface area contributed by atoms with Gasteiger partial charge in [0.2, 0.25) is 0 Å². The van der Waals surface area contributed by atoms with Crippen molar-refractivity contribution in [1.82, 2.24) is 15.0 Å². The molecule has 2 aliphatic rings. The Morgan fingerprint density at radius 3 is 1.79 bits per heavy atom. The van der Waals surface area contributed by atoms with Gasteiger partial charge in [-0.25, -0.2) is 15.0 Å². The zero-order valence-corrected chi connectivity index (χ0v) is 31.0. The molecule has 1 aliphatic heterocycles. The molecule has 9 aromatic rings. The average molecular weight is 736 g/mol. The average Bonchev–Trinajstić information content (AvgIpc) is 3.86. The molecule has 2 unspecified atom stereocenters. The van der Waals surface area contributed by atoms with E-state index in [9.17, 15) is 0 Å². The Morgan fingerprint density at radius 1 is 0.482 bits per heavy atom. The molecule has 0 saturated heterocycles. The molecule has 0 spiro atoms. The fraction of sp³-hybridized carbons (Fsp3) is 0.0392. The van der Waals surface area contributed by atoms with Crippen LogP contribution >= 0.6 is 11.8 Å². The summed E-state index contributed by atoms with van der Waals surface area (Å²) in [6, 6.07) is 59.2. The highest BCUT2D eigenvalue weighted by molar-refractivity contribution is 8.00. The SMILES string of the molecule is C1=CC2Sc3cccc(-c4ccccc4)c3C2C(c2cccc3c2oc2cccc(-c4cccc(-c5nc(-c6ccccc6)nc(-c6ccccc6)n5)c4)c23)=C1. The second-order valence-corrected chi connectivity index (χ2v) is 15.5. The van der Waals surface area contributed by atoms with Crippen molar-refractivity contribution in [3.05, 3.63) is 199 Å². The third-order valence-electron chi connectivity index (χ3n) is 10.9. The minimum Gasteiger partial charge on any atom is -0.455 e. The highest BCUT2D eigenvalue weighted by atomic mass is 32.2. The van der Waals surface area contributed by atoms with Crippen LogP contribution < -0.4 is 0 Å². The van der Waals surface area contributed by atoms with Crippen molar-refractivity contribution in [3.63, 3.8) is 0 Å². The molecule has 0 saturated carbocycles. The van der Waals surface area contributed by atoms with E-state index < -0.39 is 0 Å². The van der Waals surface area contributed by atoms with Gasteiger partial charge in [-0.3, -0.25) is 0 Å². The van der Waals surface area contributed by atoms with E-state index in [1.165, 1.54) is 27.2 Å². The van der Waals surface area contributed by atoms with Gasteiger partial charge in [-0.05, 0) is 51.6 Å². The number of rotatable bonds is 6. The number of hydrogen-bond acceptors (Lipinski definition) is 5. The molecule has 7 aromatic carbocycles. The van der Waals surface area contributed by atoms with Gasteiger partial charge in [0.05, 0.1) is 0 Å². The van der Waals surface area contributed by atoms with Crippen LogP contribution in [0.1, 0.15) is 17.0 Å². The summed E-state index contributed by atoms with van der Waals surface area (Å²) in [4.78, 5) is 16.3. The third kappa shape index (κ3) is 5.51. The van der Waals surface area contributed by atoms with Crippen LogP contribution in [0.5, 0.6) is 0 Å². The first-order valence-electron chi connectivity index (χ1n) is 18.9. The van der Waals surface area contributed by atoms with Gasteiger partial charge in [-0.2, -0.15) is 0 Å². The zero-order chi connectivity index (χ0) is 37.0. The first-order chi connectivity index (χ1) is 27.8. The maximum Gasteiger partial charge on any atom is 0.164 e. The molecule has 0 N–H and O–H groups in total. The molecule has 3 heterocycles. The summed E-state index contributed by atoms with van der Waals surface area (Å²) in [5.74, 6) is 2.11. The normalized spacial score (nSPS) is 15.8. The second kappa shape index (κ2) is 13.5. The van der Waals surface area contributed by atoms with Crippen LogP contribution in [0.3, 0.4) is 0 Å². The van der Waals surface area contributed by atoms with E-state index in [4.69, 9.17) is 19.4 Å². The minimum atomic E-state index is 0.202. The molecule has 11 rings (SSSR count). The molecule has 2 aromatic heterocycles. The first kappa shape index (κ1) is 32.6. The van der Waals surface area contributed by atoms with Crippen LogP contribution in [0.25, 0.3) is 83.9 Å². The molecule has 264 valence electrons. The van der Waals surface area contributed by atoms with Crippen molar-refractivity contribution in [1.29, 1.82) is 0 Å². The highest BCUT2D eigenvalue weighted by Crippen LogP contribution is 2.57. The fourth-order valence-electron chi connectivity index (χ4n) is 8.41. The minimum absolute atomic E-state index is 0.202. The maximum absolute atomic E-state index is 6.89. The van der Waals surface area contributed by atoms with Crippen molar-refractivity contribution in [2.45, 2.75) is 16.1 Å². The molecule has 0 bridgehead atoms. The van der Waals surface area contributed by atoms with E-state index in [2.05, 4.69) is 127 Å². The summed E-state index contributed by atoms with van der Waals surface area (Å²) in [7, 11) is 0. The van der Waals surface area contributed by atoms with Crippen molar-refractivity contribution < 1.29 is 4.42 Å². The third-order valence-corrected chi connectivity index (χ3v) is 12.2. The Morgan fingerprint density at radius 2 is 1.05 bits per heavy atom. The smallest absolute Gasteiger partial charge is 0.164 e. The molecule has 0 radical (unpaired) electrons. The van der Waals surface area contributed by atoms with E-state index in [1.807, 2.05) is 72.4 Å². The van der Waals surface area contributed by atoms with Crippen LogP contribution in [-0.4, -0.2) is 20.2 Å². The van der Waals surface area contributed by atoms with E-state index >= 15 is 0 Å². The van der Waals surface area contributed by atoms with E-state index in [1.54, 1.807) is 0 Å². The van der Waals surface area contributed by atoms with Crippen molar-refractivity contribution in [2.24, 2.45) is 0 Å². The monoisotopic (exact) mass is 735 g/mol. The Bertz CT molecular complexity index is 2950. The van der Waals surface area contributed by atoms with Crippen LogP contribution in [-0.2, 0) is 0 Å². The number of aromatic nitrogens is 3. The number of para-hydroxylation sites is 1. The molecule has 1 aliphatic carbocycles. The Kier molecular flexibility index (Phi) is 7.85. The summed E-state index contributed by atoms with van der Waals surface area (Å²) < 4.78 is 6.89. The van der Waals surface area contributed by atoms with Crippen molar-refractivity contribution >= 4 is 39.3 Å². The topological polar surface area (TPSA) is 51.8 Å². The van der Waals surface area contributed by atoms with Gasteiger partial charge in [0.15, 0.2) is 17.5 Å². The zero-order valence-electron chi connectivity index (χ0n) is 30.2. The van der Waals surface area contributed by atoms with Crippen LogP contribution in [0, 0.1) is 0 Å². The lowest BCUT2D eigenvalue weighted by atomic mass is 9.78. The maximum atomic E-state index is 6.89. The Hall–Kier alpha value is -6.82. The van der Waals surface area contributed by atoms with Crippen molar-refractivity contribution in [3.8, 4) is 56.4 Å². The van der Waals surface area contributed by atoms with Gasteiger partial charge in [0.1, 0.15) is 11.2 Å². The van der Waals surface area contributed by atoms with Crippen LogP contribution in [0.15, 0.2) is 197 Å². The number of nitrogens with zero attached hydrogens (tertiary/aromatic N) is 3. The number of fused-ring (bicyclic) bond motifs is 6. The summed E-state index contributed by atoms with van der Waals surface area (Å²) in [5, 5.41) is 2.51. The van der Waals surface area contributed by atoms with E-state index in [0.29, 0.717) is 22.7 Å². The van der Waals surface area contributed by atoms with Gasteiger partial charge in [-0.15, -0.1) is 11.8 Å². The largest absolute Gasteiger partial charge is 0.455 e. The molecule has 2 atom stereocenters. The lowest BCUT2D eigenvalue weighted by molar-refractivity contribution is 0.667. The Labute approximate surface area is 329 Å². The van der Waals surface area contributed by atoms with Gasteiger partial charge >= 0.3 is 0 Å². The number of thioether (sulfide) groups is 1. The predicted molar refractivity (Wildman–Crippen MR) is 230 cm³/mol.